The fourth-order valence-electron chi connectivity index (χ4n) is 2.70. The van der Waals surface area contributed by atoms with Gasteiger partial charge < -0.3 is 4.85 Å². The molecule has 1 nitrogen and oxygen atoms in total. The maximum atomic E-state index is 7.64. The van der Waals surface area contributed by atoms with Crippen LogP contribution in [0.2, 0.25) is 0 Å². The minimum absolute atomic E-state index is 0.143. The SMILES string of the molecule is [C-]#[N+][C@](C)(CCC=C(C)C)[C@@]1(C)CC=C(C)CC1. The van der Waals surface area contributed by atoms with E-state index in [4.69, 9.17) is 6.57 Å². The highest BCUT2D eigenvalue weighted by Crippen LogP contribution is 2.48. The topological polar surface area (TPSA) is 4.36 Å². The molecule has 2 atom stereocenters. The average molecular weight is 245 g/mol. The standard InChI is InChI=1S/C17H27N/c1-14(2)8-7-11-17(5,18-6)16(4)12-9-15(3)10-13-16/h8-9H,7,10-13H2,1-5H3/t16-,17+/m0/s1. The third-order valence-corrected chi connectivity index (χ3v) is 4.70. The van der Waals surface area contributed by atoms with Crippen molar-refractivity contribution in [2.75, 3.05) is 0 Å². The largest absolute Gasteiger partial charge is 0.310 e. The molecule has 0 saturated heterocycles. The van der Waals surface area contributed by atoms with Crippen LogP contribution in [-0.2, 0) is 0 Å². The Labute approximate surface area is 113 Å². The lowest BCUT2D eigenvalue weighted by atomic mass is 9.63. The van der Waals surface area contributed by atoms with Crippen molar-refractivity contribution in [3.05, 3.63) is 34.7 Å². The van der Waals surface area contributed by atoms with E-state index in [-0.39, 0.29) is 11.0 Å². The van der Waals surface area contributed by atoms with Gasteiger partial charge in [0.25, 0.3) is 0 Å². The lowest BCUT2D eigenvalue weighted by Crippen LogP contribution is -2.42. The van der Waals surface area contributed by atoms with Gasteiger partial charge in [0.1, 0.15) is 0 Å². The number of hydrogen-bond acceptors (Lipinski definition) is 0. The molecule has 0 heterocycles. The van der Waals surface area contributed by atoms with Gasteiger partial charge in [-0.25, -0.2) is 6.57 Å². The molecule has 1 heteroatoms. The zero-order valence-electron chi connectivity index (χ0n) is 12.6. The van der Waals surface area contributed by atoms with Gasteiger partial charge in [-0.2, -0.15) is 0 Å². The number of allylic oxidation sites excluding steroid dienone is 4. The molecule has 0 radical (unpaired) electrons. The molecule has 0 aromatic rings. The summed E-state index contributed by atoms with van der Waals surface area (Å²) in [5.41, 5.74) is 2.76. The number of rotatable bonds is 4. The molecule has 1 rings (SSSR count). The monoisotopic (exact) mass is 245 g/mol. The van der Waals surface area contributed by atoms with Gasteiger partial charge in [0.05, 0.1) is 0 Å². The predicted octanol–water partition coefficient (Wildman–Crippen LogP) is 5.55. The molecule has 0 aliphatic heterocycles. The van der Waals surface area contributed by atoms with Crippen LogP contribution in [-0.4, -0.2) is 5.54 Å². The first kappa shape index (κ1) is 15.0. The summed E-state index contributed by atoms with van der Waals surface area (Å²) in [5.74, 6) is 0. The van der Waals surface area contributed by atoms with E-state index in [1.54, 1.807) is 0 Å². The van der Waals surface area contributed by atoms with Gasteiger partial charge in [-0.1, -0.05) is 30.2 Å². The van der Waals surface area contributed by atoms with Crippen molar-refractivity contribution in [3.63, 3.8) is 0 Å². The van der Waals surface area contributed by atoms with Gasteiger partial charge in [-0.15, -0.1) is 0 Å². The summed E-state index contributed by atoms with van der Waals surface area (Å²) >= 11 is 0. The van der Waals surface area contributed by atoms with Gasteiger partial charge >= 0.3 is 0 Å². The molecular formula is C17H27N. The lowest BCUT2D eigenvalue weighted by molar-refractivity contribution is 0.164. The first-order valence-electron chi connectivity index (χ1n) is 7.01. The van der Waals surface area contributed by atoms with E-state index in [0.717, 1.165) is 32.1 Å². The smallest absolute Gasteiger partial charge is 0.235 e. The van der Waals surface area contributed by atoms with Crippen LogP contribution in [0.15, 0.2) is 23.3 Å². The van der Waals surface area contributed by atoms with Crippen LogP contribution in [0.1, 0.15) is 66.7 Å². The summed E-state index contributed by atoms with van der Waals surface area (Å²) in [6, 6.07) is 0. The Bertz CT molecular complexity index is 392. The highest BCUT2D eigenvalue weighted by atomic mass is 14.8. The molecule has 0 amide bonds. The van der Waals surface area contributed by atoms with Crippen molar-refractivity contribution >= 4 is 0 Å². The summed E-state index contributed by atoms with van der Waals surface area (Å²) in [6.07, 6.45) is 9.98. The minimum Gasteiger partial charge on any atom is -0.310 e. The maximum Gasteiger partial charge on any atom is 0.235 e. The van der Waals surface area contributed by atoms with E-state index in [0.29, 0.717) is 0 Å². The van der Waals surface area contributed by atoms with Crippen LogP contribution in [0.4, 0.5) is 0 Å². The predicted molar refractivity (Wildman–Crippen MR) is 79.4 cm³/mol. The zero-order chi connectivity index (χ0) is 13.8. The second kappa shape index (κ2) is 5.74. The summed E-state index contributed by atoms with van der Waals surface area (Å²) in [7, 11) is 0. The van der Waals surface area contributed by atoms with Crippen molar-refractivity contribution in [2.24, 2.45) is 5.41 Å². The molecule has 18 heavy (non-hydrogen) atoms. The van der Waals surface area contributed by atoms with Crippen LogP contribution in [0.3, 0.4) is 0 Å². The highest BCUT2D eigenvalue weighted by Gasteiger charge is 2.49. The molecular weight excluding hydrogens is 218 g/mol. The number of nitrogens with zero attached hydrogens (tertiary/aromatic N) is 1. The third kappa shape index (κ3) is 3.25. The Kier molecular flexibility index (Phi) is 4.79. The molecule has 1 aliphatic carbocycles. The normalized spacial score (nSPS) is 26.8. The summed E-state index contributed by atoms with van der Waals surface area (Å²) in [6.45, 7) is 18.6. The molecule has 0 fully saturated rings. The van der Waals surface area contributed by atoms with Crippen molar-refractivity contribution in [2.45, 2.75) is 72.3 Å². The van der Waals surface area contributed by atoms with Crippen molar-refractivity contribution < 1.29 is 0 Å². The van der Waals surface area contributed by atoms with E-state index in [1.807, 2.05) is 0 Å². The Balaban J connectivity index is 2.81. The molecule has 1 aliphatic rings. The lowest BCUT2D eigenvalue weighted by Gasteiger charge is -2.39. The first-order valence-corrected chi connectivity index (χ1v) is 7.01. The van der Waals surface area contributed by atoms with E-state index >= 15 is 0 Å². The molecule has 0 aromatic carbocycles. The van der Waals surface area contributed by atoms with Crippen LogP contribution >= 0.6 is 0 Å². The van der Waals surface area contributed by atoms with Crippen LogP contribution in [0.25, 0.3) is 4.85 Å². The third-order valence-electron chi connectivity index (χ3n) is 4.70. The Morgan fingerprint density at radius 2 is 2.22 bits per heavy atom. The summed E-state index contributed by atoms with van der Waals surface area (Å²) < 4.78 is 0. The van der Waals surface area contributed by atoms with E-state index in [9.17, 15) is 0 Å². The van der Waals surface area contributed by atoms with Crippen LogP contribution in [0, 0.1) is 12.0 Å². The van der Waals surface area contributed by atoms with E-state index in [2.05, 4.69) is 51.6 Å². The van der Waals surface area contributed by atoms with Gasteiger partial charge in [-0.3, -0.25) is 0 Å². The van der Waals surface area contributed by atoms with Gasteiger partial charge in [0.2, 0.25) is 5.54 Å². The summed E-state index contributed by atoms with van der Waals surface area (Å²) in [5, 5.41) is 0. The molecule has 0 unspecified atom stereocenters. The second-order valence-electron chi connectivity index (χ2n) is 6.52. The van der Waals surface area contributed by atoms with Gasteiger partial charge in [0.15, 0.2) is 0 Å². The fraction of sp³-hybridized carbons (Fsp3) is 0.706. The van der Waals surface area contributed by atoms with Crippen molar-refractivity contribution in [1.29, 1.82) is 0 Å². The second-order valence-corrected chi connectivity index (χ2v) is 6.52. The Morgan fingerprint density at radius 1 is 1.56 bits per heavy atom. The molecule has 0 aromatic heterocycles. The average Bonchev–Trinajstić information content (AvgIpc) is 2.32. The van der Waals surface area contributed by atoms with Gasteiger partial charge in [0, 0.05) is 18.8 Å². The molecule has 100 valence electrons. The van der Waals surface area contributed by atoms with Crippen molar-refractivity contribution in [1.82, 2.24) is 0 Å². The first-order chi connectivity index (χ1) is 8.33. The minimum atomic E-state index is -0.226. The van der Waals surface area contributed by atoms with E-state index in [1.165, 1.54) is 11.1 Å². The fourth-order valence-corrected chi connectivity index (χ4v) is 2.70. The summed E-state index contributed by atoms with van der Waals surface area (Å²) in [4.78, 5) is 4.03. The molecule has 0 bridgehead atoms. The Morgan fingerprint density at radius 3 is 2.67 bits per heavy atom. The number of hydrogen-bond donors (Lipinski definition) is 0. The molecule has 0 saturated carbocycles. The van der Waals surface area contributed by atoms with Crippen molar-refractivity contribution in [3.8, 4) is 0 Å². The zero-order valence-corrected chi connectivity index (χ0v) is 12.6. The highest BCUT2D eigenvalue weighted by molar-refractivity contribution is 5.16. The maximum absolute atomic E-state index is 7.64. The quantitative estimate of drug-likeness (QED) is 0.452. The molecule has 0 spiro atoms. The molecule has 0 N–H and O–H groups in total. The van der Waals surface area contributed by atoms with Gasteiger partial charge in [-0.05, 0) is 46.5 Å². The van der Waals surface area contributed by atoms with Crippen LogP contribution in [0.5, 0.6) is 0 Å². The van der Waals surface area contributed by atoms with Crippen LogP contribution < -0.4 is 0 Å². The van der Waals surface area contributed by atoms with E-state index < -0.39 is 0 Å². The Hall–Kier alpha value is -1.03.